The summed E-state index contributed by atoms with van der Waals surface area (Å²) < 4.78 is 27.7. The molecule has 5 rings (SSSR count). The maximum absolute atomic E-state index is 14.9. The Hall–Kier alpha value is -2.74. The number of pyridine rings is 1. The van der Waals surface area contributed by atoms with Gasteiger partial charge in [-0.05, 0) is 43.7 Å². The van der Waals surface area contributed by atoms with Gasteiger partial charge in [-0.15, -0.1) is 0 Å². The Balaban J connectivity index is 1.52. The quantitative estimate of drug-likeness (QED) is 0.633. The van der Waals surface area contributed by atoms with Gasteiger partial charge in [0.25, 0.3) is 0 Å². The molecule has 2 fully saturated rings. The molecule has 0 spiro atoms. The fourth-order valence-corrected chi connectivity index (χ4v) is 4.71. The largest absolute Gasteiger partial charge is 0.378 e. The summed E-state index contributed by atoms with van der Waals surface area (Å²) in [5, 5.41) is 4.40. The van der Waals surface area contributed by atoms with Crippen LogP contribution in [0.3, 0.4) is 0 Å². The lowest BCUT2D eigenvalue weighted by atomic mass is 9.83. The van der Waals surface area contributed by atoms with Crippen LogP contribution in [-0.2, 0) is 11.8 Å². The van der Waals surface area contributed by atoms with E-state index in [0.717, 1.165) is 31.6 Å². The van der Waals surface area contributed by atoms with Crippen molar-refractivity contribution >= 4 is 16.6 Å². The standard InChI is InChI=1S/C23H27FN4O3/c1-14-3-5-15(6-4-14)23-25-22(26-31-23)17-13-27(2)19-12-20(28-7-9-30-10-8-28)18(24)11-16(19)21(17)29/h11-15H,3-10H2,1-2H3. The van der Waals surface area contributed by atoms with Gasteiger partial charge in [0.05, 0.1) is 30.0 Å². The van der Waals surface area contributed by atoms with E-state index >= 15 is 0 Å². The van der Waals surface area contributed by atoms with Gasteiger partial charge in [0.1, 0.15) is 5.82 Å². The van der Waals surface area contributed by atoms with Gasteiger partial charge in [0.15, 0.2) is 0 Å². The van der Waals surface area contributed by atoms with E-state index in [1.807, 2.05) is 16.5 Å². The van der Waals surface area contributed by atoms with Crippen LogP contribution in [0.5, 0.6) is 0 Å². The van der Waals surface area contributed by atoms with Crippen molar-refractivity contribution in [3.63, 3.8) is 0 Å². The lowest BCUT2D eigenvalue weighted by Crippen LogP contribution is -2.36. The third-order valence-corrected chi connectivity index (χ3v) is 6.66. The molecule has 164 valence electrons. The predicted molar refractivity (Wildman–Crippen MR) is 116 cm³/mol. The van der Waals surface area contributed by atoms with Crippen LogP contribution in [0, 0.1) is 11.7 Å². The second-order valence-corrected chi connectivity index (χ2v) is 8.82. The molecule has 1 saturated carbocycles. The predicted octanol–water partition coefficient (Wildman–Crippen LogP) is 3.86. The number of nitrogens with zero attached hydrogens (tertiary/aromatic N) is 4. The summed E-state index contributed by atoms with van der Waals surface area (Å²) in [4.78, 5) is 19.7. The van der Waals surface area contributed by atoms with Gasteiger partial charge >= 0.3 is 0 Å². The second-order valence-electron chi connectivity index (χ2n) is 8.82. The number of aromatic nitrogens is 3. The summed E-state index contributed by atoms with van der Waals surface area (Å²) in [6.07, 6.45) is 6.04. The summed E-state index contributed by atoms with van der Waals surface area (Å²) >= 11 is 0. The highest BCUT2D eigenvalue weighted by molar-refractivity contribution is 5.86. The molecule has 2 aliphatic rings. The smallest absolute Gasteiger partial charge is 0.230 e. The minimum atomic E-state index is -0.409. The summed E-state index contributed by atoms with van der Waals surface area (Å²) in [5.41, 5.74) is 1.20. The van der Waals surface area contributed by atoms with Gasteiger partial charge in [0, 0.05) is 37.6 Å². The third-order valence-electron chi connectivity index (χ3n) is 6.66. The van der Waals surface area contributed by atoms with E-state index in [4.69, 9.17) is 9.26 Å². The van der Waals surface area contributed by atoms with Crippen LogP contribution < -0.4 is 10.3 Å². The van der Waals surface area contributed by atoms with Gasteiger partial charge in [-0.2, -0.15) is 4.98 Å². The van der Waals surface area contributed by atoms with Crippen LogP contribution in [0.15, 0.2) is 27.6 Å². The first kappa shape index (κ1) is 20.2. The van der Waals surface area contributed by atoms with Gasteiger partial charge in [-0.25, -0.2) is 4.39 Å². The fraction of sp³-hybridized carbons (Fsp3) is 0.522. The molecule has 0 radical (unpaired) electrons. The molecule has 3 heterocycles. The van der Waals surface area contributed by atoms with Crippen LogP contribution in [0.4, 0.5) is 10.1 Å². The molecule has 0 atom stereocenters. The lowest BCUT2D eigenvalue weighted by molar-refractivity contribution is 0.122. The molecule has 0 N–H and O–H groups in total. The number of rotatable bonds is 3. The molecular weight excluding hydrogens is 399 g/mol. The zero-order valence-electron chi connectivity index (χ0n) is 17.9. The van der Waals surface area contributed by atoms with Crippen molar-refractivity contribution in [2.24, 2.45) is 13.0 Å². The molecule has 1 aliphatic carbocycles. The number of benzene rings is 1. The van der Waals surface area contributed by atoms with Gasteiger partial charge < -0.3 is 18.7 Å². The Bertz CT molecular complexity index is 1160. The van der Waals surface area contributed by atoms with Crippen molar-refractivity contribution in [3.05, 3.63) is 40.3 Å². The van der Waals surface area contributed by atoms with E-state index in [1.54, 1.807) is 12.3 Å². The highest BCUT2D eigenvalue weighted by Gasteiger charge is 2.26. The topological polar surface area (TPSA) is 73.4 Å². The number of aryl methyl sites for hydroxylation is 1. The SMILES string of the molecule is CC1CCC(c2nc(-c3cn(C)c4cc(N5CCOCC5)c(F)cc4c3=O)no2)CC1. The lowest BCUT2D eigenvalue weighted by Gasteiger charge is -2.29. The summed E-state index contributed by atoms with van der Waals surface area (Å²) in [7, 11) is 1.84. The van der Waals surface area contributed by atoms with Crippen molar-refractivity contribution < 1.29 is 13.7 Å². The second kappa shape index (κ2) is 8.07. The Morgan fingerprint density at radius 1 is 1.13 bits per heavy atom. The summed E-state index contributed by atoms with van der Waals surface area (Å²) in [6, 6.07) is 3.07. The highest BCUT2D eigenvalue weighted by atomic mass is 19.1. The van der Waals surface area contributed by atoms with Crippen molar-refractivity contribution in [3.8, 4) is 11.4 Å². The first-order chi connectivity index (χ1) is 15.0. The van der Waals surface area contributed by atoms with E-state index in [-0.39, 0.29) is 17.2 Å². The minimum Gasteiger partial charge on any atom is -0.378 e. The van der Waals surface area contributed by atoms with Crippen molar-refractivity contribution in [1.82, 2.24) is 14.7 Å². The first-order valence-corrected chi connectivity index (χ1v) is 11.0. The Kier molecular flexibility index (Phi) is 5.25. The van der Waals surface area contributed by atoms with Crippen LogP contribution >= 0.6 is 0 Å². The number of morpholine rings is 1. The van der Waals surface area contributed by atoms with Gasteiger partial charge in [-0.3, -0.25) is 4.79 Å². The highest BCUT2D eigenvalue weighted by Crippen LogP contribution is 2.35. The number of halogens is 1. The van der Waals surface area contributed by atoms with Crippen LogP contribution in [0.25, 0.3) is 22.3 Å². The summed E-state index contributed by atoms with van der Waals surface area (Å²) in [6.45, 7) is 4.64. The zero-order valence-corrected chi connectivity index (χ0v) is 17.9. The molecule has 8 heteroatoms. The van der Waals surface area contributed by atoms with Crippen LogP contribution in [0.2, 0.25) is 0 Å². The fourth-order valence-electron chi connectivity index (χ4n) is 4.71. The average Bonchev–Trinajstić information content (AvgIpc) is 3.27. The van der Waals surface area contributed by atoms with E-state index in [0.29, 0.717) is 54.3 Å². The van der Waals surface area contributed by atoms with Crippen LogP contribution in [-0.4, -0.2) is 41.0 Å². The van der Waals surface area contributed by atoms with E-state index < -0.39 is 5.82 Å². The molecule has 0 unspecified atom stereocenters. The molecule has 0 bridgehead atoms. The van der Waals surface area contributed by atoms with E-state index in [9.17, 15) is 9.18 Å². The molecule has 3 aromatic rings. The van der Waals surface area contributed by atoms with Crippen molar-refractivity contribution in [2.75, 3.05) is 31.2 Å². The number of hydrogen-bond acceptors (Lipinski definition) is 6. The monoisotopic (exact) mass is 426 g/mol. The average molecular weight is 426 g/mol. The molecule has 31 heavy (non-hydrogen) atoms. The van der Waals surface area contributed by atoms with E-state index in [1.165, 1.54) is 6.07 Å². The first-order valence-electron chi connectivity index (χ1n) is 11.0. The third kappa shape index (κ3) is 3.73. The molecule has 7 nitrogen and oxygen atoms in total. The molecular formula is C23H27FN4O3. The van der Waals surface area contributed by atoms with Crippen LogP contribution in [0.1, 0.15) is 44.4 Å². The maximum Gasteiger partial charge on any atom is 0.230 e. The normalized spacial score (nSPS) is 22.2. The minimum absolute atomic E-state index is 0.246. The Morgan fingerprint density at radius 2 is 1.87 bits per heavy atom. The molecule has 0 amide bonds. The number of fused-ring (bicyclic) bond motifs is 1. The number of anilines is 1. The molecule has 1 aliphatic heterocycles. The number of hydrogen-bond donors (Lipinski definition) is 0. The summed E-state index contributed by atoms with van der Waals surface area (Å²) in [5.74, 6) is 1.43. The van der Waals surface area contributed by atoms with Crippen molar-refractivity contribution in [2.45, 2.75) is 38.5 Å². The Labute approximate surface area is 179 Å². The van der Waals surface area contributed by atoms with Gasteiger partial charge in [-0.1, -0.05) is 12.1 Å². The van der Waals surface area contributed by atoms with Crippen molar-refractivity contribution in [1.29, 1.82) is 0 Å². The Morgan fingerprint density at radius 3 is 2.61 bits per heavy atom. The van der Waals surface area contributed by atoms with E-state index in [2.05, 4.69) is 17.1 Å². The number of ether oxygens (including phenoxy) is 1. The zero-order chi connectivity index (χ0) is 21.5. The maximum atomic E-state index is 14.9. The van der Waals surface area contributed by atoms with Gasteiger partial charge in [0.2, 0.25) is 17.1 Å². The molecule has 2 aromatic heterocycles. The molecule has 1 saturated heterocycles. The molecule has 1 aromatic carbocycles.